The number of fused-ring (bicyclic) bond motifs is 1. The van der Waals surface area contributed by atoms with Gasteiger partial charge in [0, 0.05) is 31.4 Å². The number of aromatic nitrogens is 5. The third-order valence-corrected chi connectivity index (χ3v) is 7.37. The Morgan fingerprint density at radius 1 is 1.12 bits per heavy atom. The van der Waals surface area contributed by atoms with Crippen molar-refractivity contribution >= 4 is 22.8 Å². The maximum atomic E-state index is 13.4. The van der Waals surface area contributed by atoms with E-state index in [-0.39, 0.29) is 23.9 Å². The number of halogens is 4. The first kappa shape index (κ1) is 26.7. The van der Waals surface area contributed by atoms with E-state index < -0.39 is 11.7 Å². The van der Waals surface area contributed by atoms with E-state index in [9.17, 15) is 18.3 Å². The molecule has 2 fully saturated rings. The molecule has 4 aromatic rings. The molecule has 0 unspecified atom stereocenters. The highest BCUT2D eigenvalue weighted by molar-refractivity contribution is 6.33. The van der Waals surface area contributed by atoms with Gasteiger partial charge in [-0.2, -0.15) is 18.2 Å². The lowest BCUT2D eigenvalue weighted by Gasteiger charge is -2.35. The van der Waals surface area contributed by atoms with Gasteiger partial charge < -0.3 is 19.1 Å². The molecule has 1 N–H and O–H groups in total. The van der Waals surface area contributed by atoms with Crippen LogP contribution >= 0.6 is 11.6 Å². The number of rotatable bonds is 9. The summed E-state index contributed by atoms with van der Waals surface area (Å²) in [4.78, 5) is 19.7. The van der Waals surface area contributed by atoms with Crippen molar-refractivity contribution in [1.29, 1.82) is 0 Å². The zero-order valence-electron chi connectivity index (χ0n) is 21.5. The van der Waals surface area contributed by atoms with Gasteiger partial charge in [-0.3, -0.25) is 9.88 Å². The van der Waals surface area contributed by atoms with E-state index in [4.69, 9.17) is 26.1 Å². The number of pyridine rings is 1. The van der Waals surface area contributed by atoms with Crippen LogP contribution in [-0.2, 0) is 12.7 Å². The monoisotopic (exact) mass is 574 g/mol. The molecule has 40 heavy (non-hydrogen) atoms. The second kappa shape index (κ2) is 10.2. The second-order valence-electron chi connectivity index (χ2n) is 10.4. The van der Waals surface area contributed by atoms with Crippen molar-refractivity contribution in [2.75, 3.05) is 26.2 Å². The minimum atomic E-state index is -4.50. The number of β-amino-alcohol motifs (C(OH)–C–C–N with tert-alkyl or cyclic N) is 1. The van der Waals surface area contributed by atoms with Crippen LogP contribution in [0.25, 0.3) is 22.6 Å². The molecule has 1 aliphatic heterocycles. The zero-order valence-corrected chi connectivity index (χ0v) is 22.3. The van der Waals surface area contributed by atoms with Gasteiger partial charge in [0.1, 0.15) is 30.1 Å². The van der Waals surface area contributed by atoms with Crippen LogP contribution in [0.1, 0.15) is 31.0 Å². The smallest absolute Gasteiger partial charge is 0.416 e. The number of nitrogens with zero attached hydrogens (tertiary/aromatic N) is 6. The van der Waals surface area contributed by atoms with Crippen LogP contribution in [0, 0.1) is 0 Å². The van der Waals surface area contributed by atoms with Gasteiger partial charge in [0.05, 0.1) is 28.9 Å². The van der Waals surface area contributed by atoms with E-state index in [1.54, 1.807) is 22.8 Å². The van der Waals surface area contributed by atoms with E-state index in [2.05, 4.69) is 19.9 Å². The van der Waals surface area contributed by atoms with E-state index in [0.717, 1.165) is 31.2 Å². The summed E-state index contributed by atoms with van der Waals surface area (Å²) in [5.74, 6) is 1.24. The maximum Gasteiger partial charge on any atom is 0.416 e. The molecule has 6 rings (SSSR count). The summed E-state index contributed by atoms with van der Waals surface area (Å²) in [5, 5.41) is 9.77. The number of alkyl halides is 3. The van der Waals surface area contributed by atoms with Crippen LogP contribution in [0.15, 0.2) is 42.9 Å². The zero-order chi connectivity index (χ0) is 28.1. The maximum absolute atomic E-state index is 13.4. The fourth-order valence-corrected chi connectivity index (χ4v) is 4.80. The Labute approximate surface area is 232 Å². The molecule has 13 heteroatoms. The fourth-order valence-electron chi connectivity index (χ4n) is 4.55. The minimum absolute atomic E-state index is 0.0419. The van der Waals surface area contributed by atoms with Crippen LogP contribution in [-0.4, -0.2) is 72.5 Å². The molecule has 2 aliphatic rings. The average molecular weight is 575 g/mol. The Morgan fingerprint density at radius 3 is 2.62 bits per heavy atom. The normalized spacial score (nSPS) is 17.1. The number of hydrogen-bond donors (Lipinski definition) is 1. The van der Waals surface area contributed by atoms with Crippen LogP contribution in [0.3, 0.4) is 0 Å². The SMILES string of the molecule is CC1(Oc2ncnc3c2nc(-c2ccc(OCCN4CC(O)C4)cc2Cl)n3Cc2cc(C(F)(F)F)ccn2)CC1. The van der Waals surface area contributed by atoms with Crippen molar-refractivity contribution in [2.24, 2.45) is 0 Å². The molecule has 4 heterocycles. The lowest BCUT2D eigenvalue weighted by Crippen LogP contribution is -2.51. The van der Waals surface area contributed by atoms with Crippen molar-refractivity contribution in [1.82, 2.24) is 29.4 Å². The molecular weight excluding hydrogens is 549 g/mol. The molecule has 0 amide bonds. The molecule has 0 bridgehead atoms. The van der Waals surface area contributed by atoms with Crippen LogP contribution in [0.5, 0.6) is 11.6 Å². The quantitative estimate of drug-likeness (QED) is 0.310. The highest BCUT2D eigenvalue weighted by atomic mass is 35.5. The van der Waals surface area contributed by atoms with E-state index >= 15 is 0 Å². The van der Waals surface area contributed by atoms with Gasteiger partial charge in [0.2, 0.25) is 5.88 Å². The molecule has 3 aromatic heterocycles. The Morgan fingerprint density at radius 2 is 1.93 bits per heavy atom. The van der Waals surface area contributed by atoms with Crippen LogP contribution in [0.2, 0.25) is 5.02 Å². The number of benzene rings is 1. The minimum Gasteiger partial charge on any atom is -0.492 e. The van der Waals surface area contributed by atoms with Crippen molar-refractivity contribution in [3.8, 4) is 23.0 Å². The Bertz CT molecular complexity index is 1550. The van der Waals surface area contributed by atoms with Crippen molar-refractivity contribution < 1.29 is 27.8 Å². The Hall–Kier alpha value is -3.48. The van der Waals surface area contributed by atoms with Crippen molar-refractivity contribution in [2.45, 2.75) is 44.2 Å². The summed E-state index contributed by atoms with van der Waals surface area (Å²) < 4.78 is 53.8. The van der Waals surface area contributed by atoms with E-state index in [0.29, 0.717) is 65.4 Å². The van der Waals surface area contributed by atoms with Crippen LogP contribution < -0.4 is 9.47 Å². The number of likely N-dealkylation sites (tertiary alicyclic amines) is 1. The third kappa shape index (κ3) is 5.56. The first-order chi connectivity index (χ1) is 19.1. The number of aliphatic hydroxyl groups is 1. The summed E-state index contributed by atoms with van der Waals surface area (Å²) >= 11 is 6.70. The topological polar surface area (TPSA) is 98.4 Å². The molecule has 210 valence electrons. The summed E-state index contributed by atoms with van der Waals surface area (Å²) in [6.45, 7) is 4.31. The molecular formula is C27H26ClF3N6O3. The van der Waals surface area contributed by atoms with E-state index in [1.165, 1.54) is 6.33 Å². The molecule has 1 aliphatic carbocycles. The average Bonchev–Trinajstić information content (AvgIpc) is 3.51. The standard InChI is InChI=1S/C27H26ClF3N6O3/c1-26(5-6-26)40-25-22-24(33-15-34-25)37(12-17-10-16(4-7-32-17)27(29,30)31)23(35-22)20-3-2-19(11-21(20)28)39-9-8-36-13-18(38)14-36/h2-4,7,10-11,15,18,38H,5-6,8-9,12-14H2,1H3. The highest BCUT2D eigenvalue weighted by Crippen LogP contribution is 2.41. The molecule has 0 spiro atoms. The predicted octanol–water partition coefficient (Wildman–Crippen LogP) is 4.60. The summed E-state index contributed by atoms with van der Waals surface area (Å²) in [5.41, 5.74) is 0.350. The van der Waals surface area contributed by atoms with Gasteiger partial charge in [-0.25, -0.2) is 9.97 Å². The fraction of sp³-hybridized carbons (Fsp3) is 0.407. The second-order valence-corrected chi connectivity index (χ2v) is 10.8. The number of ether oxygens (including phenoxy) is 2. The van der Waals surface area contributed by atoms with Gasteiger partial charge in [-0.15, -0.1) is 0 Å². The lowest BCUT2D eigenvalue weighted by molar-refractivity contribution is -0.137. The Balaban J connectivity index is 1.35. The van der Waals surface area contributed by atoms with Gasteiger partial charge in [-0.1, -0.05) is 11.6 Å². The third-order valence-electron chi connectivity index (χ3n) is 7.06. The lowest BCUT2D eigenvalue weighted by atomic mass is 10.2. The molecule has 1 saturated carbocycles. The molecule has 0 atom stereocenters. The number of hydrogen-bond acceptors (Lipinski definition) is 8. The van der Waals surface area contributed by atoms with Gasteiger partial charge in [-0.05, 0) is 50.1 Å². The predicted molar refractivity (Wildman–Crippen MR) is 140 cm³/mol. The summed E-state index contributed by atoms with van der Waals surface area (Å²) in [7, 11) is 0. The van der Waals surface area contributed by atoms with E-state index in [1.807, 2.05) is 6.92 Å². The highest BCUT2D eigenvalue weighted by Gasteiger charge is 2.41. The molecule has 1 saturated heterocycles. The summed E-state index contributed by atoms with van der Waals surface area (Å²) in [6, 6.07) is 7.11. The van der Waals surface area contributed by atoms with Crippen LogP contribution in [0.4, 0.5) is 13.2 Å². The number of aliphatic hydroxyl groups excluding tert-OH is 1. The van der Waals surface area contributed by atoms with Crippen molar-refractivity contribution in [3.63, 3.8) is 0 Å². The Kier molecular flexibility index (Phi) is 6.79. The first-order valence-electron chi connectivity index (χ1n) is 12.8. The van der Waals surface area contributed by atoms with Gasteiger partial charge in [0.25, 0.3) is 0 Å². The first-order valence-corrected chi connectivity index (χ1v) is 13.2. The van der Waals surface area contributed by atoms with Crippen molar-refractivity contribution in [3.05, 3.63) is 59.1 Å². The molecule has 0 radical (unpaired) electrons. The molecule has 9 nitrogen and oxygen atoms in total. The largest absolute Gasteiger partial charge is 0.492 e. The van der Waals surface area contributed by atoms with Gasteiger partial charge in [0.15, 0.2) is 11.2 Å². The summed E-state index contributed by atoms with van der Waals surface area (Å²) in [6.07, 6.45) is -0.538. The number of imidazole rings is 1. The van der Waals surface area contributed by atoms with Gasteiger partial charge >= 0.3 is 6.18 Å². The molecule has 1 aromatic carbocycles.